The van der Waals surface area contributed by atoms with Gasteiger partial charge in [-0.25, -0.2) is 9.36 Å². The van der Waals surface area contributed by atoms with Gasteiger partial charge in [-0.15, -0.1) is 10.2 Å². The summed E-state index contributed by atoms with van der Waals surface area (Å²) in [5.74, 6) is 1.55. The zero-order valence-electron chi connectivity index (χ0n) is 37.3. The standard InChI is InChI=1S/2C18H16N4O.C17H14N4OS/c23-13-15-10-19-22(12-15)18-16-8-4-5-9-17(16)21(20-18)11-14-6-2-1-3-7-14;23-13-15-10-11-21(19-15)18-16-8-4-5-9-17(16)22(20-18)12-14-6-2-1-3-7-14;22-11-15-18-19-17(23-15)16-13-8-4-5-9-14(13)21(20-16)10-12-6-2-1-3-7-12/h1-10,12,23H,11,13H2;1-11,23H,12-13H2;1-9,22H,10-11H2. The van der Waals surface area contributed by atoms with E-state index in [4.69, 9.17) is 15.3 Å². The van der Waals surface area contributed by atoms with E-state index < -0.39 is 0 Å². The molecule has 0 aliphatic carbocycles. The predicted molar refractivity (Wildman–Crippen MR) is 267 cm³/mol. The van der Waals surface area contributed by atoms with Gasteiger partial charge in [0.2, 0.25) is 0 Å². The van der Waals surface area contributed by atoms with E-state index in [0.717, 1.165) is 60.6 Å². The van der Waals surface area contributed by atoms with Crippen LogP contribution in [0.3, 0.4) is 0 Å². The molecule has 0 atom stereocenters. The van der Waals surface area contributed by atoms with Crippen molar-refractivity contribution in [1.29, 1.82) is 0 Å². The lowest BCUT2D eigenvalue weighted by Crippen LogP contribution is -2.03. The number of aromatic nitrogens is 12. The Kier molecular flexibility index (Phi) is 13.3. The number of para-hydroxylation sites is 3. The van der Waals surface area contributed by atoms with E-state index in [2.05, 4.69) is 75.0 Å². The van der Waals surface area contributed by atoms with Crippen molar-refractivity contribution in [2.75, 3.05) is 0 Å². The van der Waals surface area contributed by atoms with Crippen molar-refractivity contribution in [1.82, 2.24) is 59.1 Å². The van der Waals surface area contributed by atoms with Crippen LogP contribution in [0, 0.1) is 0 Å². The Hall–Kier alpha value is -8.41. The van der Waals surface area contributed by atoms with Gasteiger partial charge in [-0.05, 0) is 53.1 Å². The zero-order chi connectivity index (χ0) is 46.9. The first kappa shape index (κ1) is 44.4. The van der Waals surface area contributed by atoms with Crippen LogP contribution in [-0.4, -0.2) is 74.4 Å². The van der Waals surface area contributed by atoms with Gasteiger partial charge in [0.1, 0.15) is 10.7 Å². The second kappa shape index (κ2) is 20.6. The van der Waals surface area contributed by atoms with Crippen LogP contribution < -0.4 is 0 Å². The molecule has 0 bridgehead atoms. The Morgan fingerprint density at radius 3 is 1.38 bits per heavy atom. The highest BCUT2D eigenvalue weighted by Gasteiger charge is 2.17. The SMILES string of the molecule is OCc1ccn(-c2nn(Cc3ccccc3)c3ccccc23)n1.OCc1cnn(-c2nn(Cc3ccccc3)c3ccccc23)c1.OCc1nnc(-c2nn(Cc3ccccc3)c3ccccc23)s1. The summed E-state index contributed by atoms with van der Waals surface area (Å²) in [7, 11) is 0. The molecule has 0 radical (unpaired) electrons. The number of aliphatic hydroxyl groups excluding tert-OH is 3. The maximum atomic E-state index is 9.23. The second-order valence-corrected chi connectivity index (χ2v) is 17.1. The molecule has 12 rings (SSSR count). The van der Waals surface area contributed by atoms with E-state index in [1.165, 1.54) is 28.0 Å². The fourth-order valence-corrected chi connectivity index (χ4v) is 8.71. The minimum atomic E-state index is -0.0969. The zero-order valence-corrected chi connectivity index (χ0v) is 38.1. The molecule has 6 aromatic carbocycles. The van der Waals surface area contributed by atoms with Gasteiger partial charge in [-0.2, -0.15) is 25.5 Å². The van der Waals surface area contributed by atoms with Crippen molar-refractivity contribution in [3.63, 3.8) is 0 Å². The summed E-state index contributed by atoms with van der Waals surface area (Å²) in [5.41, 5.74) is 8.99. The van der Waals surface area contributed by atoms with Crippen molar-refractivity contribution in [2.45, 2.75) is 39.5 Å². The normalized spacial score (nSPS) is 11.2. The van der Waals surface area contributed by atoms with Gasteiger partial charge in [0.25, 0.3) is 0 Å². The van der Waals surface area contributed by atoms with Crippen molar-refractivity contribution in [2.24, 2.45) is 0 Å². The molecular formula is C53H46N12O3S. The Morgan fingerprint density at radius 2 is 0.899 bits per heavy atom. The topological polar surface area (TPSA) is 176 Å². The molecule has 69 heavy (non-hydrogen) atoms. The van der Waals surface area contributed by atoms with Crippen LogP contribution in [0.5, 0.6) is 0 Å². The third-order valence-electron chi connectivity index (χ3n) is 11.3. The summed E-state index contributed by atoms with van der Waals surface area (Å²) >= 11 is 1.37. The Morgan fingerprint density at radius 1 is 0.420 bits per heavy atom. The molecule has 0 spiro atoms. The molecule has 0 unspecified atom stereocenters. The molecule has 0 saturated carbocycles. The van der Waals surface area contributed by atoms with Gasteiger partial charge in [0, 0.05) is 34.1 Å². The average molecular weight is 931 g/mol. The lowest BCUT2D eigenvalue weighted by molar-refractivity contribution is 0.276. The van der Waals surface area contributed by atoms with E-state index in [1.807, 2.05) is 136 Å². The highest BCUT2D eigenvalue weighted by Crippen LogP contribution is 2.31. The molecule has 0 saturated heterocycles. The van der Waals surface area contributed by atoms with Crippen molar-refractivity contribution >= 4 is 44.0 Å². The van der Waals surface area contributed by atoms with E-state index >= 15 is 0 Å². The highest BCUT2D eigenvalue weighted by molar-refractivity contribution is 7.14. The van der Waals surface area contributed by atoms with Gasteiger partial charge in [0.05, 0.1) is 67.9 Å². The van der Waals surface area contributed by atoms with Gasteiger partial charge in [-0.3, -0.25) is 14.0 Å². The number of rotatable bonds is 12. The van der Waals surface area contributed by atoms with Crippen LogP contribution in [-0.2, 0) is 39.5 Å². The van der Waals surface area contributed by atoms with E-state index in [9.17, 15) is 15.3 Å². The quantitative estimate of drug-likeness (QED) is 0.108. The van der Waals surface area contributed by atoms with Gasteiger partial charge < -0.3 is 15.3 Å². The van der Waals surface area contributed by atoms with Gasteiger partial charge in [-0.1, -0.05) is 145 Å². The number of aliphatic hydroxyl groups is 3. The summed E-state index contributed by atoms with van der Waals surface area (Å²) in [5, 5.41) is 63.1. The van der Waals surface area contributed by atoms with Crippen LogP contribution >= 0.6 is 11.3 Å². The molecular weight excluding hydrogens is 885 g/mol. The first-order valence-electron chi connectivity index (χ1n) is 22.3. The van der Waals surface area contributed by atoms with Gasteiger partial charge >= 0.3 is 0 Å². The summed E-state index contributed by atoms with van der Waals surface area (Å²) < 4.78 is 9.39. The van der Waals surface area contributed by atoms with Crippen LogP contribution in [0.1, 0.15) is 33.0 Å². The molecule has 6 aromatic heterocycles. The molecule has 0 fully saturated rings. The Balaban J connectivity index is 0.000000120. The van der Waals surface area contributed by atoms with Gasteiger partial charge in [0.15, 0.2) is 16.6 Å². The van der Waals surface area contributed by atoms with Crippen molar-refractivity contribution in [3.8, 4) is 22.3 Å². The van der Waals surface area contributed by atoms with Crippen molar-refractivity contribution in [3.05, 3.63) is 221 Å². The molecule has 15 nitrogen and oxygen atoms in total. The fraction of sp³-hybridized carbons (Fsp3) is 0.113. The Bertz CT molecular complexity index is 3200. The largest absolute Gasteiger partial charge is 0.392 e. The number of fused-ring (bicyclic) bond motifs is 3. The molecule has 12 aromatic rings. The first-order valence-corrected chi connectivity index (χ1v) is 23.1. The third-order valence-corrected chi connectivity index (χ3v) is 12.2. The molecule has 16 heteroatoms. The average Bonchev–Trinajstić information content (AvgIpc) is 4.29. The Labute approximate surface area is 400 Å². The van der Waals surface area contributed by atoms with Crippen LogP contribution in [0.4, 0.5) is 0 Å². The van der Waals surface area contributed by atoms with E-state index in [1.54, 1.807) is 21.6 Å². The first-order chi connectivity index (χ1) is 34.0. The van der Waals surface area contributed by atoms with Crippen LogP contribution in [0.25, 0.3) is 55.0 Å². The van der Waals surface area contributed by atoms with E-state index in [-0.39, 0.29) is 19.8 Å². The lowest BCUT2D eigenvalue weighted by atomic mass is 10.2. The maximum absolute atomic E-state index is 9.23. The second-order valence-electron chi connectivity index (χ2n) is 16.0. The monoisotopic (exact) mass is 930 g/mol. The number of benzene rings is 6. The smallest absolute Gasteiger partial charge is 0.182 e. The number of hydrogen-bond acceptors (Lipinski definition) is 11. The van der Waals surface area contributed by atoms with Crippen LogP contribution in [0.15, 0.2) is 188 Å². The molecule has 342 valence electrons. The fourth-order valence-electron chi connectivity index (χ4n) is 8.01. The summed E-state index contributed by atoms with van der Waals surface area (Å²) in [6, 6.07) is 56.9. The predicted octanol–water partition coefficient (Wildman–Crippen LogP) is 8.62. The summed E-state index contributed by atoms with van der Waals surface area (Å²) in [6.45, 7) is 1.91. The number of hydrogen-bond donors (Lipinski definition) is 3. The highest BCUT2D eigenvalue weighted by atomic mass is 32.1. The summed E-state index contributed by atoms with van der Waals surface area (Å²) in [4.78, 5) is 0. The van der Waals surface area contributed by atoms with Crippen LogP contribution in [0.2, 0.25) is 0 Å². The van der Waals surface area contributed by atoms with Crippen molar-refractivity contribution < 1.29 is 15.3 Å². The minimum absolute atomic E-state index is 0.0251. The number of nitrogens with zero attached hydrogens (tertiary/aromatic N) is 12. The summed E-state index contributed by atoms with van der Waals surface area (Å²) in [6.07, 6.45) is 5.29. The molecule has 0 amide bonds. The van der Waals surface area contributed by atoms with E-state index in [0.29, 0.717) is 30.3 Å². The molecule has 0 aliphatic rings. The minimum Gasteiger partial charge on any atom is -0.392 e. The molecule has 0 aliphatic heterocycles. The third kappa shape index (κ3) is 9.86. The molecule has 6 heterocycles. The maximum Gasteiger partial charge on any atom is 0.182 e. The molecule has 3 N–H and O–H groups in total. The lowest BCUT2D eigenvalue weighted by Gasteiger charge is -2.03.